The van der Waals surface area contributed by atoms with Gasteiger partial charge < -0.3 is 10.2 Å². The van der Waals surface area contributed by atoms with E-state index >= 15 is 0 Å². The van der Waals surface area contributed by atoms with Crippen molar-refractivity contribution in [3.8, 4) is 0 Å². The molecule has 1 saturated heterocycles. The summed E-state index contributed by atoms with van der Waals surface area (Å²) < 4.78 is 0. The largest absolute Gasteiger partial charge is 0.324 e. The van der Waals surface area contributed by atoms with Gasteiger partial charge in [-0.15, -0.1) is 21.5 Å². The number of rotatable bonds is 4. The number of anilines is 1. The first kappa shape index (κ1) is 17.5. The van der Waals surface area contributed by atoms with E-state index < -0.39 is 0 Å². The first-order chi connectivity index (χ1) is 12.8. The van der Waals surface area contributed by atoms with Crippen LogP contribution in [0.15, 0.2) is 30.3 Å². The summed E-state index contributed by atoms with van der Waals surface area (Å²) in [6, 6.07) is 9.63. The van der Waals surface area contributed by atoms with Gasteiger partial charge in [0.25, 0.3) is 0 Å². The Labute approximate surface area is 158 Å². The average molecular weight is 371 g/mol. The Balaban J connectivity index is 1.28. The van der Waals surface area contributed by atoms with Crippen molar-refractivity contribution in [2.75, 3.05) is 18.4 Å². The second kappa shape index (κ2) is 8.16. The van der Waals surface area contributed by atoms with E-state index in [1.165, 1.54) is 35.7 Å². The van der Waals surface area contributed by atoms with Crippen molar-refractivity contribution in [3.63, 3.8) is 0 Å². The number of carbonyl (C=O) groups is 1. The molecule has 1 aliphatic heterocycles. The van der Waals surface area contributed by atoms with Crippen molar-refractivity contribution in [2.45, 2.75) is 50.9 Å². The van der Waals surface area contributed by atoms with Crippen LogP contribution in [-0.4, -0.2) is 34.2 Å². The van der Waals surface area contributed by atoms with Crippen molar-refractivity contribution in [1.82, 2.24) is 15.1 Å². The van der Waals surface area contributed by atoms with Gasteiger partial charge in [-0.05, 0) is 30.9 Å². The summed E-state index contributed by atoms with van der Waals surface area (Å²) in [4.78, 5) is 14.3. The number of piperidine rings is 1. The second-order valence-electron chi connectivity index (χ2n) is 7.45. The molecule has 4 rings (SSSR count). The molecule has 2 aliphatic rings. The molecule has 0 bridgehead atoms. The average Bonchev–Trinajstić information content (AvgIpc) is 3.35. The number of nitrogens with one attached hydrogen (secondary N) is 1. The van der Waals surface area contributed by atoms with Gasteiger partial charge in [-0.2, -0.15) is 0 Å². The van der Waals surface area contributed by atoms with Gasteiger partial charge in [0.15, 0.2) is 0 Å². The third kappa shape index (κ3) is 4.23. The maximum atomic E-state index is 12.4. The summed E-state index contributed by atoms with van der Waals surface area (Å²) in [6.07, 6.45) is 8.50. The van der Waals surface area contributed by atoms with Gasteiger partial charge in [-0.1, -0.05) is 43.9 Å². The standard InChI is InChI=1S/C20H26N4OS/c25-20(21-17-8-2-1-3-9-17)24-12-10-16(11-13-24)19-23-22-18(26-19)14-15-6-4-5-7-15/h1-3,8-9,15-16H,4-7,10-14H2,(H,21,25). The number of likely N-dealkylation sites (tertiary alicyclic amines) is 1. The fraction of sp³-hybridized carbons (Fsp3) is 0.550. The van der Waals surface area contributed by atoms with Crippen LogP contribution in [0.3, 0.4) is 0 Å². The second-order valence-corrected chi connectivity index (χ2v) is 8.54. The van der Waals surface area contributed by atoms with Crippen LogP contribution in [0.1, 0.15) is 54.5 Å². The lowest BCUT2D eigenvalue weighted by atomic mass is 9.98. The molecular formula is C20H26N4OS. The number of urea groups is 1. The summed E-state index contributed by atoms with van der Waals surface area (Å²) >= 11 is 1.80. The molecule has 1 aromatic heterocycles. The molecule has 0 spiro atoms. The molecule has 1 saturated carbocycles. The number of para-hydroxylation sites is 1. The van der Waals surface area contributed by atoms with E-state index in [2.05, 4.69) is 15.5 Å². The van der Waals surface area contributed by atoms with Gasteiger partial charge >= 0.3 is 6.03 Å². The molecule has 0 unspecified atom stereocenters. The van der Waals surface area contributed by atoms with Crippen molar-refractivity contribution in [2.24, 2.45) is 5.92 Å². The zero-order chi connectivity index (χ0) is 17.8. The molecular weight excluding hydrogens is 344 g/mol. The highest BCUT2D eigenvalue weighted by Crippen LogP contribution is 2.33. The Morgan fingerprint density at radius 2 is 1.81 bits per heavy atom. The molecule has 1 aliphatic carbocycles. The zero-order valence-corrected chi connectivity index (χ0v) is 15.9. The third-order valence-corrected chi connectivity index (χ3v) is 6.69. The van der Waals surface area contributed by atoms with E-state index in [4.69, 9.17) is 0 Å². The molecule has 0 radical (unpaired) electrons. The molecule has 2 amide bonds. The molecule has 138 valence electrons. The van der Waals surface area contributed by atoms with Gasteiger partial charge in [-0.25, -0.2) is 4.79 Å². The Morgan fingerprint density at radius 1 is 1.08 bits per heavy atom. The summed E-state index contributed by atoms with van der Waals surface area (Å²) in [6.45, 7) is 1.56. The zero-order valence-electron chi connectivity index (χ0n) is 15.1. The fourth-order valence-corrected chi connectivity index (χ4v) is 5.16. The van der Waals surface area contributed by atoms with Crippen LogP contribution in [0.5, 0.6) is 0 Å². The monoisotopic (exact) mass is 370 g/mol. The van der Waals surface area contributed by atoms with Crippen molar-refractivity contribution >= 4 is 23.1 Å². The number of benzene rings is 1. The van der Waals surface area contributed by atoms with Crippen LogP contribution in [0.4, 0.5) is 10.5 Å². The van der Waals surface area contributed by atoms with Crippen LogP contribution >= 0.6 is 11.3 Å². The van der Waals surface area contributed by atoms with E-state index in [1.54, 1.807) is 11.3 Å². The summed E-state index contributed by atoms with van der Waals surface area (Å²) in [5, 5.41) is 14.3. The molecule has 6 heteroatoms. The lowest BCUT2D eigenvalue weighted by Gasteiger charge is -2.30. The summed E-state index contributed by atoms with van der Waals surface area (Å²) in [5.41, 5.74) is 0.848. The number of hydrogen-bond donors (Lipinski definition) is 1. The first-order valence-corrected chi connectivity index (χ1v) is 10.5. The van der Waals surface area contributed by atoms with Crippen molar-refractivity contribution in [3.05, 3.63) is 40.3 Å². The number of aromatic nitrogens is 2. The normalized spacial score (nSPS) is 19.0. The first-order valence-electron chi connectivity index (χ1n) is 9.71. The van der Waals surface area contributed by atoms with Crippen LogP contribution in [0.25, 0.3) is 0 Å². The Hall–Kier alpha value is -1.95. The summed E-state index contributed by atoms with van der Waals surface area (Å²) in [7, 11) is 0. The van der Waals surface area contributed by atoms with E-state index in [0.717, 1.165) is 44.0 Å². The molecule has 0 atom stereocenters. The maximum absolute atomic E-state index is 12.4. The highest BCUT2D eigenvalue weighted by molar-refractivity contribution is 7.11. The predicted molar refractivity (Wildman–Crippen MR) is 105 cm³/mol. The van der Waals surface area contributed by atoms with E-state index in [9.17, 15) is 4.79 Å². The number of amides is 2. The van der Waals surface area contributed by atoms with Crippen LogP contribution in [0.2, 0.25) is 0 Å². The topological polar surface area (TPSA) is 58.1 Å². The molecule has 2 fully saturated rings. The Kier molecular flexibility index (Phi) is 5.48. The minimum Gasteiger partial charge on any atom is -0.324 e. The smallest absolute Gasteiger partial charge is 0.321 e. The van der Waals surface area contributed by atoms with E-state index in [1.807, 2.05) is 35.2 Å². The highest BCUT2D eigenvalue weighted by atomic mass is 32.1. The predicted octanol–water partition coefficient (Wildman–Crippen LogP) is 4.68. The third-order valence-electron chi connectivity index (χ3n) is 5.58. The quantitative estimate of drug-likeness (QED) is 0.850. The molecule has 1 aromatic carbocycles. The van der Waals surface area contributed by atoms with Gasteiger partial charge in [0, 0.05) is 31.1 Å². The van der Waals surface area contributed by atoms with Gasteiger partial charge in [0.05, 0.1) is 0 Å². The van der Waals surface area contributed by atoms with Crippen molar-refractivity contribution < 1.29 is 4.79 Å². The van der Waals surface area contributed by atoms with Crippen LogP contribution < -0.4 is 5.32 Å². The number of carbonyl (C=O) groups excluding carboxylic acids is 1. The van der Waals surface area contributed by atoms with Gasteiger partial charge in [-0.3, -0.25) is 0 Å². The molecule has 2 heterocycles. The molecule has 5 nitrogen and oxygen atoms in total. The molecule has 2 aromatic rings. The Morgan fingerprint density at radius 3 is 2.54 bits per heavy atom. The molecule has 1 N–H and O–H groups in total. The summed E-state index contributed by atoms with van der Waals surface area (Å²) in [5.74, 6) is 1.27. The SMILES string of the molecule is O=C(Nc1ccccc1)N1CCC(c2nnc(CC3CCCC3)s2)CC1. The van der Waals surface area contributed by atoms with Gasteiger partial charge in [0.1, 0.15) is 10.0 Å². The van der Waals surface area contributed by atoms with Crippen LogP contribution in [-0.2, 0) is 6.42 Å². The molecule has 26 heavy (non-hydrogen) atoms. The fourth-order valence-electron chi connectivity index (χ4n) is 4.03. The minimum absolute atomic E-state index is 0.00571. The maximum Gasteiger partial charge on any atom is 0.321 e. The highest BCUT2D eigenvalue weighted by Gasteiger charge is 2.27. The number of nitrogens with zero attached hydrogens (tertiary/aromatic N) is 3. The van der Waals surface area contributed by atoms with Gasteiger partial charge in [0.2, 0.25) is 0 Å². The minimum atomic E-state index is -0.00571. The lowest BCUT2D eigenvalue weighted by molar-refractivity contribution is 0.194. The van der Waals surface area contributed by atoms with E-state index in [-0.39, 0.29) is 6.03 Å². The Bertz CT molecular complexity index is 718. The van der Waals surface area contributed by atoms with E-state index in [0.29, 0.717) is 5.92 Å². The number of hydrogen-bond acceptors (Lipinski definition) is 4. The lowest BCUT2D eigenvalue weighted by Crippen LogP contribution is -2.40. The van der Waals surface area contributed by atoms with Crippen molar-refractivity contribution in [1.29, 1.82) is 0 Å². The van der Waals surface area contributed by atoms with Crippen LogP contribution in [0, 0.1) is 5.92 Å².